The van der Waals surface area contributed by atoms with Crippen LogP contribution in [-0.4, -0.2) is 28.6 Å². The van der Waals surface area contributed by atoms with E-state index < -0.39 is 6.04 Å². The fraction of sp³-hybridized carbons (Fsp3) is 0.444. The SMILES string of the molecule is CCOC(=O)C(C)Nc1ncncc1I. The highest BCUT2D eigenvalue weighted by molar-refractivity contribution is 14.1. The summed E-state index contributed by atoms with van der Waals surface area (Å²) in [4.78, 5) is 19.2. The number of carbonyl (C=O) groups excluding carboxylic acids is 1. The van der Waals surface area contributed by atoms with Crippen molar-refractivity contribution in [2.75, 3.05) is 11.9 Å². The van der Waals surface area contributed by atoms with Gasteiger partial charge in [-0.3, -0.25) is 0 Å². The molecule has 0 aromatic carbocycles. The van der Waals surface area contributed by atoms with Crippen molar-refractivity contribution in [3.8, 4) is 0 Å². The smallest absolute Gasteiger partial charge is 0.328 e. The number of rotatable bonds is 4. The highest BCUT2D eigenvalue weighted by atomic mass is 127. The molecule has 1 aromatic rings. The summed E-state index contributed by atoms with van der Waals surface area (Å²) in [5.41, 5.74) is 0. The van der Waals surface area contributed by atoms with Crippen molar-refractivity contribution in [2.24, 2.45) is 0 Å². The molecule has 1 rings (SSSR count). The van der Waals surface area contributed by atoms with E-state index in [2.05, 4.69) is 37.9 Å². The molecule has 0 saturated heterocycles. The minimum atomic E-state index is -0.409. The molecule has 1 heterocycles. The van der Waals surface area contributed by atoms with Gasteiger partial charge in [-0.25, -0.2) is 14.8 Å². The third kappa shape index (κ3) is 3.61. The Balaban J connectivity index is 2.62. The third-order valence-electron chi connectivity index (χ3n) is 1.66. The van der Waals surface area contributed by atoms with Crippen LogP contribution in [0.25, 0.3) is 0 Å². The Morgan fingerprint density at radius 1 is 1.73 bits per heavy atom. The minimum Gasteiger partial charge on any atom is -0.464 e. The lowest BCUT2D eigenvalue weighted by atomic mass is 10.3. The molecule has 82 valence electrons. The molecule has 0 bridgehead atoms. The predicted molar refractivity (Wildman–Crippen MR) is 64.5 cm³/mol. The first-order chi connectivity index (χ1) is 7.15. The maximum atomic E-state index is 11.3. The molecule has 0 aliphatic rings. The van der Waals surface area contributed by atoms with Gasteiger partial charge in [0.1, 0.15) is 18.2 Å². The number of carbonyl (C=O) groups is 1. The summed E-state index contributed by atoms with van der Waals surface area (Å²) in [7, 11) is 0. The maximum Gasteiger partial charge on any atom is 0.328 e. The standard InChI is InChI=1S/C9H12IN3O2/c1-3-15-9(14)6(2)13-8-7(10)4-11-5-12-8/h4-6H,3H2,1-2H3,(H,11,12,13). The van der Waals surface area contributed by atoms with E-state index in [0.717, 1.165) is 3.57 Å². The van der Waals surface area contributed by atoms with E-state index in [1.807, 2.05) is 0 Å². The lowest BCUT2D eigenvalue weighted by Gasteiger charge is -2.13. The molecule has 1 atom stereocenters. The summed E-state index contributed by atoms with van der Waals surface area (Å²) in [5, 5.41) is 2.96. The van der Waals surface area contributed by atoms with Gasteiger partial charge in [0.25, 0.3) is 0 Å². The topological polar surface area (TPSA) is 64.1 Å². The van der Waals surface area contributed by atoms with E-state index in [-0.39, 0.29) is 5.97 Å². The summed E-state index contributed by atoms with van der Waals surface area (Å²) in [6, 6.07) is -0.409. The number of halogens is 1. The normalized spacial score (nSPS) is 11.9. The quantitative estimate of drug-likeness (QED) is 0.672. The monoisotopic (exact) mass is 321 g/mol. The van der Waals surface area contributed by atoms with Crippen molar-refractivity contribution < 1.29 is 9.53 Å². The second-order valence-electron chi connectivity index (χ2n) is 2.84. The second-order valence-corrected chi connectivity index (χ2v) is 4.00. The van der Waals surface area contributed by atoms with Crippen molar-refractivity contribution >= 4 is 34.4 Å². The van der Waals surface area contributed by atoms with Crippen molar-refractivity contribution in [3.05, 3.63) is 16.1 Å². The van der Waals surface area contributed by atoms with Gasteiger partial charge in [0.05, 0.1) is 10.2 Å². The zero-order valence-corrected chi connectivity index (χ0v) is 10.7. The Labute approximate surface area is 102 Å². The molecule has 0 amide bonds. The first-order valence-electron chi connectivity index (χ1n) is 4.53. The van der Waals surface area contributed by atoms with Crippen LogP contribution in [0.2, 0.25) is 0 Å². The number of nitrogens with one attached hydrogen (secondary N) is 1. The summed E-state index contributed by atoms with van der Waals surface area (Å²) >= 11 is 2.10. The average molecular weight is 321 g/mol. The van der Waals surface area contributed by atoms with E-state index in [0.29, 0.717) is 12.4 Å². The van der Waals surface area contributed by atoms with Crippen molar-refractivity contribution in [1.82, 2.24) is 9.97 Å². The lowest BCUT2D eigenvalue weighted by Crippen LogP contribution is -2.28. The first kappa shape index (κ1) is 12.2. The molecular formula is C9H12IN3O2. The summed E-state index contributed by atoms with van der Waals surface area (Å²) in [6.07, 6.45) is 3.11. The van der Waals surface area contributed by atoms with Crippen molar-refractivity contribution in [3.63, 3.8) is 0 Å². The molecule has 0 aliphatic carbocycles. The Morgan fingerprint density at radius 3 is 3.07 bits per heavy atom. The first-order valence-corrected chi connectivity index (χ1v) is 5.61. The van der Waals surface area contributed by atoms with Gasteiger partial charge >= 0.3 is 5.97 Å². The summed E-state index contributed by atoms with van der Waals surface area (Å²) in [6.45, 7) is 3.89. The zero-order chi connectivity index (χ0) is 11.3. The molecule has 0 saturated carbocycles. The number of nitrogens with zero attached hydrogens (tertiary/aromatic N) is 2. The maximum absolute atomic E-state index is 11.3. The fourth-order valence-corrected chi connectivity index (χ4v) is 1.41. The van der Waals surface area contributed by atoms with Gasteiger partial charge < -0.3 is 10.1 Å². The third-order valence-corrected chi connectivity index (χ3v) is 2.45. The fourth-order valence-electron chi connectivity index (χ4n) is 0.950. The van der Waals surface area contributed by atoms with E-state index in [1.165, 1.54) is 6.33 Å². The Bertz CT molecular complexity index is 346. The molecule has 5 nitrogen and oxygen atoms in total. The van der Waals surface area contributed by atoms with Crippen LogP contribution in [-0.2, 0) is 9.53 Å². The van der Waals surface area contributed by atoms with E-state index in [4.69, 9.17) is 4.74 Å². The van der Waals surface area contributed by atoms with Crippen LogP contribution in [0, 0.1) is 3.57 Å². The van der Waals surface area contributed by atoms with E-state index in [1.54, 1.807) is 20.0 Å². The number of hydrogen-bond acceptors (Lipinski definition) is 5. The minimum absolute atomic E-state index is 0.285. The lowest BCUT2D eigenvalue weighted by molar-refractivity contribution is -0.143. The Hall–Kier alpha value is -0.920. The zero-order valence-electron chi connectivity index (χ0n) is 8.53. The van der Waals surface area contributed by atoms with Crippen LogP contribution in [0.3, 0.4) is 0 Å². The molecule has 0 radical (unpaired) electrons. The molecule has 1 unspecified atom stereocenters. The molecule has 0 aliphatic heterocycles. The van der Waals surface area contributed by atoms with Gasteiger partial charge in [-0.2, -0.15) is 0 Å². The average Bonchev–Trinajstić information content (AvgIpc) is 2.21. The Kier molecular flexibility index (Phi) is 4.73. The van der Waals surface area contributed by atoms with Crippen LogP contribution in [0.5, 0.6) is 0 Å². The van der Waals surface area contributed by atoms with Crippen LogP contribution in [0.4, 0.5) is 5.82 Å². The number of hydrogen-bond donors (Lipinski definition) is 1. The number of esters is 1. The van der Waals surface area contributed by atoms with Crippen LogP contribution in [0.1, 0.15) is 13.8 Å². The van der Waals surface area contributed by atoms with Crippen LogP contribution < -0.4 is 5.32 Å². The molecule has 1 N–H and O–H groups in total. The van der Waals surface area contributed by atoms with Gasteiger partial charge in [0.15, 0.2) is 0 Å². The molecule has 6 heteroatoms. The van der Waals surface area contributed by atoms with Crippen LogP contribution in [0.15, 0.2) is 12.5 Å². The highest BCUT2D eigenvalue weighted by Crippen LogP contribution is 2.13. The van der Waals surface area contributed by atoms with Gasteiger partial charge in [0.2, 0.25) is 0 Å². The number of aromatic nitrogens is 2. The number of ether oxygens (including phenoxy) is 1. The molecule has 1 aromatic heterocycles. The van der Waals surface area contributed by atoms with Gasteiger partial charge in [0, 0.05) is 6.20 Å². The number of anilines is 1. The highest BCUT2D eigenvalue weighted by Gasteiger charge is 2.14. The second kappa shape index (κ2) is 5.84. The van der Waals surface area contributed by atoms with Crippen molar-refractivity contribution in [1.29, 1.82) is 0 Å². The van der Waals surface area contributed by atoms with E-state index >= 15 is 0 Å². The van der Waals surface area contributed by atoms with E-state index in [9.17, 15) is 4.79 Å². The molecule has 0 fully saturated rings. The van der Waals surface area contributed by atoms with Gasteiger partial charge in [-0.15, -0.1) is 0 Å². The van der Waals surface area contributed by atoms with Gasteiger partial charge in [-0.1, -0.05) is 0 Å². The van der Waals surface area contributed by atoms with Crippen LogP contribution >= 0.6 is 22.6 Å². The summed E-state index contributed by atoms with van der Waals surface area (Å²) < 4.78 is 5.74. The molecular weight excluding hydrogens is 309 g/mol. The van der Waals surface area contributed by atoms with Crippen molar-refractivity contribution in [2.45, 2.75) is 19.9 Å². The molecule has 15 heavy (non-hydrogen) atoms. The van der Waals surface area contributed by atoms with Gasteiger partial charge in [-0.05, 0) is 36.4 Å². The largest absolute Gasteiger partial charge is 0.464 e. The predicted octanol–water partition coefficient (Wildman–Crippen LogP) is 1.44. The Morgan fingerprint density at radius 2 is 2.47 bits per heavy atom. The molecule has 0 spiro atoms. The summed E-state index contributed by atoms with van der Waals surface area (Å²) in [5.74, 6) is 0.359.